The van der Waals surface area contributed by atoms with E-state index < -0.39 is 5.82 Å². The maximum atomic E-state index is 13.3. The van der Waals surface area contributed by atoms with E-state index >= 15 is 0 Å². The number of amides is 1. The molecule has 0 saturated heterocycles. The smallest absolute Gasteiger partial charge is 0.307 e. The molecule has 19 heavy (non-hydrogen) atoms. The van der Waals surface area contributed by atoms with E-state index in [0.717, 1.165) is 0 Å². The second-order valence-electron chi connectivity index (χ2n) is 4.41. The van der Waals surface area contributed by atoms with Gasteiger partial charge in [0.1, 0.15) is 5.82 Å². The van der Waals surface area contributed by atoms with E-state index in [1.165, 1.54) is 6.07 Å². The van der Waals surface area contributed by atoms with Gasteiger partial charge in [-0.2, -0.15) is 0 Å². The van der Waals surface area contributed by atoms with Crippen LogP contribution < -0.4 is 5.32 Å². The maximum Gasteiger partial charge on any atom is 0.307 e. The van der Waals surface area contributed by atoms with Gasteiger partial charge in [0.25, 0.3) is 0 Å². The highest BCUT2D eigenvalue weighted by molar-refractivity contribution is 5.79. The molecular formula is C14H18FNO3. The topological polar surface area (TPSA) is 55.4 Å². The van der Waals surface area contributed by atoms with Crippen molar-refractivity contribution < 1.29 is 18.7 Å². The van der Waals surface area contributed by atoms with Crippen LogP contribution in [0.15, 0.2) is 24.3 Å². The van der Waals surface area contributed by atoms with Crippen LogP contribution >= 0.6 is 0 Å². The molecule has 0 aliphatic heterocycles. The van der Waals surface area contributed by atoms with Crippen molar-refractivity contribution in [3.8, 4) is 0 Å². The molecule has 1 rings (SSSR count). The molecule has 0 aromatic heterocycles. The lowest BCUT2D eigenvalue weighted by atomic mass is 10.1. The minimum absolute atomic E-state index is 0.0358. The van der Waals surface area contributed by atoms with Crippen LogP contribution in [0.4, 0.5) is 4.39 Å². The highest BCUT2D eigenvalue weighted by Gasteiger charge is 2.09. The molecule has 0 radical (unpaired) electrons. The summed E-state index contributed by atoms with van der Waals surface area (Å²) in [6.07, 6.45) is -0.0887. The Morgan fingerprint density at radius 2 is 2.00 bits per heavy atom. The Balaban J connectivity index is 2.29. The highest BCUT2D eigenvalue weighted by atomic mass is 19.1. The largest absolute Gasteiger partial charge is 0.463 e. The number of halogens is 1. The fraction of sp³-hybridized carbons (Fsp3) is 0.429. The summed E-state index contributed by atoms with van der Waals surface area (Å²) < 4.78 is 18.2. The Morgan fingerprint density at radius 1 is 1.32 bits per heavy atom. The van der Waals surface area contributed by atoms with Crippen molar-refractivity contribution in [2.75, 3.05) is 6.54 Å². The summed E-state index contributed by atoms with van der Waals surface area (Å²) in [5.74, 6) is -1.08. The van der Waals surface area contributed by atoms with E-state index in [-0.39, 0.29) is 37.4 Å². The van der Waals surface area contributed by atoms with Crippen LogP contribution in [0, 0.1) is 5.82 Å². The summed E-state index contributed by atoms with van der Waals surface area (Å²) in [4.78, 5) is 22.8. The molecule has 0 bridgehead atoms. The van der Waals surface area contributed by atoms with Gasteiger partial charge in [-0.1, -0.05) is 18.2 Å². The first-order valence-electron chi connectivity index (χ1n) is 6.18. The number of carbonyl (C=O) groups excluding carboxylic acids is 2. The molecule has 0 atom stereocenters. The molecule has 0 heterocycles. The molecule has 104 valence electrons. The van der Waals surface area contributed by atoms with Crippen molar-refractivity contribution in [1.29, 1.82) is 0 Å². The third-order valence-corrected chi connectivity index (χ3v) is 2.33. The Kier molecular flexibility index (Phi) is 5.99. The monoisotopic (exact) mass is 267 g/mol. The van der Waals surface area contributed by atoms with Gasteiger partial charge >= 0.3 is 5.97 Å². The van der Waals surface area contributed by atoms with E-state index in [1.807, 2.05) is 0 Å². The van der Waals surface area contributed by atoms with Crippen molar-refractivity contribution >= 4 is 11.9 Å². The number of nitrogens with one attached hydrogen (secondary N) is 1. The van der Waals surface area contributed by atoms with Gasteiger partial charge in [0.15, 0.2) is 0 Å². The minimum Gasteiger partial charge on any atom is -0.463 e. The van der Waals surface area contributed by atoms with Crippen molar-refractivity contribution in [3.05, 3.63) is 35.6 Å². The van der Waals surface area contributed by atoms with Gasteiger partial charge < -0.3 is 10.1 Å². The first-order chi connectivity index (χ1) is 8.99. The molecule has 0 spiro atoms. The molecule has 0 aliphatic carbocycles. The summed E-state index contributed by atoms with van der Waals surface area (Å²) >= 11 is 0. The molecule has 4 nitrogen and oxygen atoms in total. The number of benzene rings is 1. The summed E-state index contributed by atoms with van der Waals surface area (Å²) in [5, 5.41) is 2.56. The molecule has 0 fully saturated rings. The zero-order valence-corrected chi connectivity index (χ0v) is 11.1. The molecule has 5 heteroatoms. The Morgan fingerprint density at radius 3 is 2.63 bits per heavy atom. The van der Waals surface area contributed by atoms with Crippen LogP contribution in [0.1, 0.15) is 25.8 Å². The van der Waals surface area contributed by atoms with E-state index in [2.05, 4.69) is 5.32 Å². The SMILES string of the molecule is CC(C)OC(=O)CCNC(=O)Cc1ccccc1F. The standard InChI is InChI=1S/C14H18FNO3/c1-10(2)19-14(18)7-8-16-13(17)9-11-5-3-4-6-12(11)15/h3-6,10H,7-9H2,1-2H3,(H,16,17). The van der Waals surface area contributed by atoms with Gasteiger partial charge in [0.2, 0.25) is 5.91 Å². The molecule has 0 saturated carbocycles. The zero-order chi connectivity index (χ0) is 14.3. The van der Waals surface area contributed by atoms with Crippen LogP contribution in [0.5, 0.6) is 0 Å². The summed E-state index contributed by atoms with van der Waals surface area (Å²) in [5.41, 5.74) is 0.338. The Hall–Kier alpha value is -1.91. The molecule has 0 aliphatic rings. The number of esters is 1. The van der Waals surface area contributed by atoms with Crippen LogP contribution in [0.3, 0.4) is 0 Å². The van der Waals surface area contributed by atoms with Crippen molar-refractivity contribution in [2.24, 2.45) is 0 Å². The van der Waals surface area contributed by atoms with Gasteiger partial charge in [0.05, 0.1) is 18.9 Å². The van der Waals surface area contributed by atoms with E-state index in [0.29, 0.717) is 5.56 Å². The fourth-order valence-corrected chi connectivity index (χ4v) is 1.50. The fourth-order valence-electron chi connectivity index (χ4n) is 1.50. The summed E-state index contributed by atoms with van der Waals surface area (Å²) in [6, 6.07) is 6.11. The lowest BCUT2D eigenvalue weighted by molar-refractivity contribution is -0.147. The second kappa shape index (κ2) is 7.51. The van der Waals surface area contributed by atoms with Crippen LogP contribution in [-0.4, -0.2) is 24.5 Å². The van der Waals surface area contributed by atoms with E-state index in [1.54, 1.807) is 32.0 Å². The Bertz CT molecular complexity index is 446. The Labute approximate surface area is 112 Å². The predicted octanol–water partition coefficient (Wildman–Crippen LogP) is 1.83. The average molecular weight is 267 g/mol. The number of rotatable bonds is 6. The van der Waals surface area contributed by atoms with Gasteiger partial charge in [-0.05, 0) is 25.5 Å². The molecule has 1 N–H and O–H groups in total. The quantitative estimate of drug-likeness (QED) is 0.800. The first-order valence-corrected chi connectivity index (χ1v) is 6.18. The lowest BCUT2D eigenvalue weighted by Gasteiger charge is -2.08. The van der Waals surface area contributed by atoms with Gasteiger partial charge in [-0.15, -0.1) is 0 Å². The van der Waals surface area contributed by atoms with Gasteiger partial charge in [0, 0.05) is 6.54 Å². The van der Waals surface area contributed by atoms with Crippen molar-refractivity contribution in [2.45, 2.75) is 32.8 Å². The molecule has 1 aromatic carbocycles. The minimum atomic E-state index is -0.406. The summed E-state index contributed by atoms with van der Waals surface area (Å²) in [7, 11) is 0. The lowest BCUT2D eigenvalue weighted by Crippen LogP contribution is -2.28. The number of hydrogen-bond donors (Lipinski definition) is 1. The maximum absolute atomic E-state index is 13.3. The number of carbonyl (C=O) groups is 2. The van der Waals surface area contributed by atoms with Gasteiger partial charge in [-0.3, -0.25) is 9.59 Å². The third kappa shape index (κ3) is 5.99. The second-order valence-corrected chi connectivity index (χ2v) is 4.41. The molecule has 1 amide bonds. The number of ether oxygens (including phenoxy) is 1. The van der Waals surface area contributed by atoms with E-state index in [4.69, 9.17) is 4.74 Å². The van der Waals surface area contributed by atoms with Crippen molar-refractivity contribution in [3.63, 3.8) is 0 Å². The average Bonchev–Trinajstić information content (AvgIpc) is 2.31. The van der Waals surface area contributed by atoms with E-state index in [9.17, 15) is 14.0 Å². The molecule has 1 aromatic rings. The number of hydrogen-bond acceptors (Lipinski definition) is 3. The highest BCUT2D eigenvalue weighted by Crippen LogP contribution is 2.06. The molecule has 0 unspecified atom stereocenters. The van der Waals surface area contributed by atoms with Crippen LogP contribution in [-0.2, 0) is 20.7 Å². The van der Waals surface area contributed by atoms with Gasteiger partial charge in [-0.25, -0.2) is 4.39 Å². The third-order valence-electron chi connectivity index (χ3n) is 2.33. The van der Waals surface area contributed by atoms with Crippen LogP contribution in [0.25, 0.3) is 0 Å². The normalized spacial score (nSPS) is 10.3. The predicted molar refractivity (Wildman–Crippen MR) is 69.0 cm³/mol. The first kappa shape index (κ1) is 15.1. The zero-order valence-electron chi connectivity index (χ0n) is 11.1. The summed E-state index contributed by atoms with van der Waals surface area (Å²) in [6.45, 7) is 3.71. The molecular weight excluding hydrogens is 249 g/mol. The van der Waals surface area contributed by atoms with Crippen LogP contribution in [0.2, 0.25) is 0 Å². The van der Waals surface area contributed by atoms with Crippen molar-refractivity contribution in [1.82, 2.24) is 5.32 Å².